The van der Waals surface area contributed by atoms with Gasteiger partial charge in [-0.15, -0.1) is 0 Å². The topological polar surface area (TPSA) is 105 Å². The number of carboxylic acid groups (broad SMARTS) is 1. The summed E-state index contributed by atoms with van der Waals surface area (Å²) in [5.41, 5.74) is 5.83. The lowest BCUT2D eigenvalue weighted by atomic mass is 9.98. The summed E-state index contributed by atoms with van der Waals surface area (Å²) in [6.45, 7) is 2.04. The lowest BCUT2D eigenvalue weighted by Crippen LogP contribution is -2.36. The minimum Gasteiger partial charge on any atom is -0.481 e. The van der Waals surface area contributed by atoms with Crippen molar-refractivity contribution in [2.24, 2.45) is 0 Å². The summed E-state index contributed by atoms with van der Waals surface area (Å²) in [7, 11) is 0. The number of aliphatic carboxylic acids is 1. The van der Waals surface area contributed by atoms with E-state index in [1.807, 2.05) is 31.2 Å². The summed E-state index contributed by atoms with van der Waals surface area (Å²) >= 11 is 0. The van der Waals surface area contributed by atoms with Crippen molar-refractivity contribution in [3.63, 3.8) is 0 Å². The van der Waals surface area contributed by atoms with Crippen molar-refractivity contribution >= 4 is 23.7 Å². The minimum atomic E-state index is -0.952. The van der Waals surface area contributed by atoms with Gasteiger partial charge >= 0.3 is 12.1 Å². The Kier molecular flexibility index (Phi) is 7.45. The maximum atomic E-state index is 12.5. The third-order valence-electron chi connectivity index (χ3n) is 6.16. The molecule has 0 heterocycles. The van der Waals surface area contributed by atoms with Gasteiger partial charge in [0.25, 0.3) is 0 Å². The minimum absolute atomic E-state index is 0.0273. The van der Waals surface area contributed by atoms with Gasteiger partial charge < -0.3 is 15.2 Å². The zero-order valence-electron chi connectivity index (χ0n) is 19.5. The van der Waals surface area contributed by atoms with Crippen LogP contribution in [0, 0.1) is 0 Å². The van der Waals surface area contributed by atoms with Gasteiger partial charge in [-0.05, 0) is 46.4 Å². The van der Waals surface area contributed by atoms with Crippen molar-refractivity contribution in [2.45, 2.75) is 38.1 Å². The summed E-state index contributed by atoms with van der Waals surface area (Å²) in [5, 5.41) is 14.4. The Balaban J connectivity index is 1.34. The molecule has 7 nitrogen and oxygen atoms in total. The van der Waals surface area contributed by atoms with Crippen molar-refractivity contribution < 1.29 is 24.2 Å². The first kappa shape index (κ1) is 24.0. The predicted octanol–water partition coefficient (Wildman–Crippen LogP) is 4.96. The molecule has 0 saturated carbocycles. The van der Waals surface area contributed by atoms with Gasteiger partial charge in [-0.2, -0.15) is 0 Å². The highest BCUT2D eigenvalue weighted by atomic mass is 16.5. The van der Waals surface area contributed by atoms with Crippen LogP contribution in [0.25, 0.3) is 11.1 Å². The lowest BCUT2D eigenvalue weighted by Gasteiger charge is -2.15. The lowest BCUT2D eigenvalue weighted by molar-refractivity contribution is -0.137. The van der Waals surface area contributed by atoms with Crippen molar-refractivity contribution in [3.8, 4) is 11.1 Å². The Morgan fingerprint density at radius 2 is 1.60 bits per heavy atom. The van der Waals surface area contributed by atoms with Crippen LogP contribution in [0.2, 0.25) is 0 Å². The molecule has 0 fully saturated rings. The van der Waals surface area contributed by atoms with Gasteiger partial charge in [0, 0.05) is 17.6 Å². The van der Waals surface area contributed by atoms with Gasteiger partial charge in [0.15, 0.2) is 0 Å². The summed E-state index contributed by atoms with van der Waals surface area (Å²) in [5.74, 6) is -1.25. The van der Waals surface area contributed by atoms with E-state index in [0.29, 0.717) is 17.7 Å². The molecule has 1 atom stereocenters. The number of benzene rings is 3. The van der Waals surface area contributed by atoms with Crippen LogP contribution < -0.4 is 10.6 Å². The Bertz CT molecular complexity index is 1190. The molecule has 0 aromatic heterocycles. The third kappa shape index (κ3) is 5.87. The van der Waals surface area contributed by atoms with Crippen LogP contribution >= 0.6 is 0 Å². The van der Waals surface area contributed by atoms with E-state index in [1.165, 1.54) is 0 Å². The maximum Gasteiger partial charge on any atom is 0.411 e. The summed E-state index contributed by atoms with van der Waals surface area (Å²) in [6.07, 6.45) is -0.0791. The first-order valence-corrected chi connectivity index (χ1v) is 11.7. The number of carbonyl (C=O) groups excluding carboxylic acids is 2. The molecular weight excluding hydrogens is 444 g/mol. The monoisotopic (exact) mass is 472 g/mol. The van der Waals surface area contributed by atoms with Crippen LogP contribution in [0.15, 0.2) is 72.8 Å². The largest absolute Gasteiger partial charge is 0.481 e. The van der Waals surface area contributed by atoms with E-state index in [-0.39, 0.29) is 31.3 Å². The Hall–Kier alpha value is -4.13. The van der Waals surface area contributed by atoms with E-state index in [9.17, 15) is 14.4 Å². The zero-order chi connectivity index (χ0) is 24.8. The molecule has 3 aromatic carbocycles. The highest BCUT2D eigenvalue weighted by molar-refractivity contribution is 5.86. The number of hydrogen-bond acceptors (Lipinski definition) is 4. The molecule has 180 valence electrons. The summed E-state index contributed by atoms with van der Waals surface area (Å²) in [4.78, 5) is 35.8. The molecule has 1 aliphatic carbocycles. The molecule has 0 aliphatic heterocycles. The molecule has 35 heavy (non-hydrogen) atoms. The fraction of sp³-hybridized carbons (Fsp3) is 0.250. The van der Waals surface area contributed by atoms with E-state index >= 15 is 0 Å². The molecule has 1 aliphatic rings. The van der Waals surface area contributed by atoms with Crippen LogP contribution in [0.3, 0.4) is 0 Å². The molecule has 2 amide bonds. The van der Waals surface area contributed by atoms with Crippen LogP contribution in [-0.4, -0.2) is 35.7 Å². The smallest absolute Gasteiger partial charge is 0.411 e. The number of carbonyl (C=O) groups is 3. The second-order valence-corrected chi connectivity index (χ2v) is 8.60. The molecular formula is C28H28N2O5. The predicted molar refractivity (Wildman–Crippen MR) is 133 cm³/mol. The molecule has 0 bridgehead atoms. The number of nitrogens with one attached hydrogen (secondary N) is 2. The number of fused-ring (bicyclic) bond motifs is 3. The van der Waals surface area contributed by atoms with Gasteiger partial charge in [-0.1, -0.05) is 67.6 Å². The number of anilines is 1. The van der Waals surface area contributed by atoms with Crippen molar-refractivity contribution in [1.29, 1.82) is 0 Å². The van der Waals surface area contributed by atoms with Gasteiger partial charge in [-0.3, -0.25) is 14.9 Å². The molecule has 0 saturated heterocycles. The fourth-order valence-corrected chi connectivity index (χ4v) is 4.48. The SMILES string of the molecule is CC[C@@H](CC(=O)O)NC(=O)Cc1cccc(NC(=O)OCC2c3ccccc3-c3ccccc32)c1. The molecule has 7 heteroatoms. The Morgan fingerprint density at radius 3 is 2.23 bits per heavy atom. The zero-order valence-corrected chi connectivity index (χ0v) is 19.5. The van der Waals surface area contributed by atoms with E-state index < -0.39 is 18.1 Å². The average molecular weight is 473 g/mol. The van der Waals surface area contributed by atoms with Crippen LogP contribution in [-0.2, 0) is 20.7 Å². The Labute approximate surface area is 204 Å². The second-order valence-electron chi connectivity index (χ2n) is 8.60. The van der Waals surface area contributed by atoms with E-state index in [1.54, 1.807) is 24.3 Å². The van der Waals surface area contributed by atoms with Gasteiger partial charge in [0.05, 0.1) is 12.8 Å². The standard InChI is InChI=1S/C28H28N2O5/c1-2-19(16-27(32)33)29-26(31)15-18-8-7-9-20(14-18)30-28(34)35-17-25-23-12-5-3-10-21(23)22-11-4-6-13-24(22)25/h3-14,19,25H,2,15-17H2,1H3,(H,29,31)(H,30,34)(H,32,33)/t19-/m0/s1. The van der Waals surface area contributed by atoms with Crippen molar-refractivity contribution in [3.05, 3.63) is 89.5 Å². The first-order chi connectivity index (χ1) is 16.9. The van der Waals surface area contributed by atoms with E-state index in [0.717, 1.165) is 22.3 Å². The molecule has 0 spiro atoms. The third-order valence-corrected chi connectivity index (χ3v) is 6.16. The quantitative estimate of drug-likeness (QED) is 0.408. The van der Waals surface area contributed by atoms with Crippen molar-refractivity contribution in [1.82, 2.24) is 5.32 Å². The maximum absolute atomic E-state index is 12.5. The molecule has 3 N–H and O–H groups in total. The fourth-order valence-electron chi connectivity index (χ4n) is 4.48. The number of carboxylic acids is 1. The number of rotatable bonds is 9. The van der Waals surface area contributed by atoms with Crippen LogP contribution in [0.4, 0.5) is 10.5 Å². The highest BCUT2D eigenvalue weighted by Crippen LogP contribution is 2.44. The van der Waals surface area contributed by atoms with Gasteiger partial charge in [-0.25, -0.2) is 4.79 Å². The summed E-state index contributed by atoms with van der Waals surface area (Å²) < 4.78 is 5.58. The molecule has 3 aromatic rings. The van der Waals surface area contributed by atoms with Gasteiger partial charge in [0.2, 0.25) is 5.91 Å². The number of ether oxygens (including phenoxy) is 1. The second kappa shape index (κ2) is 10.9. The number of hydrogen-bond donors (Lipinski definition) is 3. The first-order valence-electron chi connectivity index (χ1n) is 11.7. The molecule has 0 unspecified atom stereocenters. The van der Waals surface area contributed by atoms with Crippen molar-refractivity contribution in [2.75, 3.05) is 11.9 Å². The highest BCUT2D eigenvalue weighted by Gasteiger charge is 2.29. The number of amides is 2. The van der Waals surface area contributed by atoms with Gasteiger partial charge in [0.1, 0.15) is 6.61 Å². The van der Waals surface area contributed by atoms with E-state index in [2.05, 4.69) is 34.9 Å². The van der Waals surface area contributed by atoms with Crippen LogP contribution in [0.5, 0.6) is 0 Å². The summed E-state index contributed by atoms with van der Waals surface area (Å²) in [6, 6.07) is 22.8. The molecule has 4 rings (SSSR count). The van der Waals surface area contributed by atoms with Crippen LogP contribution in [0.1, 0.15) is 42.4 Å². The van der Waals surface area contributed by atoms with E-state index in [4.69, 9.17) is 9.84 Å². The average Bonchev–Trinajstić information content (AvgIpc) is 3.16. The Morgan fingerprint density at radius 1 is 0.943 bits per heavy atom. The molecule has 0 radical (unpaired) electrons. The normalized spacial score (nSPS) is 12.8.